The molecule has 0 saturated carbocycles. The van der Waals surface area contributed by atoms with E-state index < -0.39 is 5.97 Å². The molecule has 1 aromatic carbocycles. The molecular weight excluding hydrogens is 244 g/mol. The highest BCUT2D eigenvalue weighted by Crippen LogP contribution is 2.45. The molecular formula is C11H10O3S2. The van der Waals surface area contributed by atoms with Gasteiger partial charge < -0.3 is 0 Å². The van der Waals surface area contributed by atoms with Crippen molar-refractivity contribution in [1.82, 2.24) is 0 Å². The molecule has 1 aliphatic rings. The van der Waals surface area contributed by atoms with Crippen LogP contribution >= 0.6 is 21.6 Å². The summed E-state index contributed by atoms with van der Waals surface area (Å²) in [4.78, 5) is 21.4. The van der Waals surface area contributed by atoms with Crippen molar-refractivity contribution in [1.29, 1.82) is 0 Å². The van der Waals surface area contributed by atoms with Crippen LogP contribution in [-0.4, -0.2) is 11.7 Å². The van der Waals surface area contributed by atoms with Crippen LogP contribution in [0.25, 0.3) is 4.91 Å². The molecule has 0 unspecified atom stereocenters. The van der Waals surface area contributed by atoms with Gasteiger partial charge in [0.1, 0.15) is 0 Å². The molecule has 3 nitrogen and oxygen atoms in total. The minimum absolute atomic E-state index is 0.461. The maximum Gasteiger partial charge on any atom is 0.352 e. The van der Waals surface area contributed by atoms with Gasteiger partial charge in [-0.15, -0.1) is 0 Å². The average Bonchev–Trinajstić information content (AvgIpc) is 2.80. The molecule has 2 rings (SSSR count). The predicted molar refractivity (Wildman–Crippen MR) is 66.9 cm³/mol. The van der Waals surface area contributed by atoms with Gasteiger partial charge in [-0.2, -0.15) is 0 Å². The van der Waals surface area contributed by atoms with Crippen molar-refractivity contribution in [2.24, 2.45) is 0 Å². The SMILES string of the molecule is CC(=O)OOc1ccccc1C1=CCSS1. The van der Waals surface area contributed by atoms with Crippen molar-refractivity contribution >= 4 is 32.5 Å². The zero-order valence-electron chi connectivity index (χ0n) is 8.64. The Morgan fingerprint density at radius 3 is 2.88 bits per heavy atom. The summed E-state index contributed by atoms with van der Waals surface area (Å²) < 4.78 is 0. The summed E-state index contributed by atoms with van der Waals surface area (Å²) in [5, 5.41) is 0. The molecule has 0 atom stereocenters. The lowest BCUT2D eigenvalue weighted by molar-refractivity contribution is -0.210. The summed E-state index contributed by atoms with van der Waals surface area (Å²) in [5.74, 6) is 1.10. The fraction of sp³-hybridized carbons (Fsp3) is 0.182. The first kappa shape index (κ1) is 11.4. The minimum atomic E-state index is -0.461. The fourth-order valence-corrected chi connectivity index (χ4v) is 3.45. The molecule has 0 saturated heterocycles. The van der Waals surface area contributed by atoms with Gasteiger partial charge in [0.2, 0.25) is 0 Å². The first-order valence-electron chi connectivity index (χ1n) is 4.71. The predicted octanol–water partition coefficient (Wildman–Crippen LogP) is 3.28. The highest BCUT2D eigenvalue weighted by atomic mass is 33.1. The van der Waals surface area contributed by atoms with Crippen LogP contribution in [0.1, 0.15) is 12.5 Å². The van der Waals surface area contributed by atoms with Crippen LogP contribution in [0.15, 0.2) is 30.3 Å². The second-order valence-corrected chi connectivity index (χ2v) is 5.47. The van der Waals surface area contributed by atoms with Crippen molar-refractivity contribution in [3.05, 3.63) is 35.9 Å². The van der Waals surface area contributed by atoms with Crippen LogP contribution in [0.3, 0.4) is 0 Å². The third-order valence-corrected chi connectivity index (χ3v) is 4.17. The van der Waals surface area contributed by atoms with Crippen molar-refractivity contribution in [2.75, 3.05) is 5.75 Å². The van der Waals surface area contributed by atoms with Gasteiger partial charge in [-0.3, -0.25) is 9.78 Å². The van der Waals surface area contributed by atoms with Gasteiger partial charge in [-0.05, 0) is 12.1 Å². The Kier molecular flexibility index (Phi) is 3.79. The topological polar surface area (TPSA) is 35.5 Å². The molecule has 1 aromatic rings. The van der Waals surface area contributed by atoms with E-state index in [0.29, 0.717) is 5.75 Å². The molecule has 0 amide bonds. The maximum absolute atomic E-state index is 10.7. The van der Waals surface area contributed by atoms with Gasteiger partial charge in [0.05, 0.1) is 0 Å². The number of hydrogen-bond acceptors (Lipinski definition) is 5. The lowest BCUT2D eigenvalue weighted by Gasteiger charge is -2.08. The van der Waals surface area contributed by atoms with Crippen LogP contribution in [0, 0.1) is 0 Å². The van der Waals surface area contributed by atoms with Gasteiger partial charge >= 0.3 is 5.97 Å². The van der Waals surface area contributed by atoms with Crippen LogP contribution < -0.4 is 4.89 Å². The summed E-state index contributed by atoms with van der Waals surface area (Å²) >= 11 is 0. The summed E-state index contributed by atoms with van der Waals surface area (Å²) in [6.07, 6.45) is 2.13. The third kappa shape index (κ3) is 2.74. The maximum atomic E-state index is 10.7. The van der Waals surface area contributed by atoms with Gasteiger partial charge in [0.15, 0.2) is 5.75 Å². The molecule has 1 heterocycles. The second-order valence-electron chi connectivity index (χ2n) is 3.09. The molecule has 16 heavy (non-hydrogen) atoms. The second kappa shape index (κ2) is 5.32. The Bertz CT molecular complexity index is 429. The highest BCUT2D eigenvalue weighted by molar-refractivity contribution is 8.80. The number of para-hydroxylation sites is 1. The Labute approximate surface area is 102 Å². The van der Waals surface area contributed by atoms with Crippen molar-refractivity contribution < 1.29 is 14.6 Å². The van der Waals surface area contributed by atoms with E-state index in [9.17, 15) is 4.79 Å². The molecule has 1 aliphatic heterocycles. The van der Waals surface area contributed by atoms with Crippen molar-refractivity contribution in [3.8, 4) is 5.75 Å². The van der Waals surface area contributed by atoms with Gasteiger partial charge in [-0.1, -0.05) is 39.8 Å². The quantitative estimate of drug-likeness (QED) is 0.470. The largest absolute Gasteiger partial charge is 0.352 e. The molecule has 5 heteroatoms. The van der Waals surface area contributed by atoms with E-state index in [2.05, 4.69) is 11.0 Å². The van der Waals surface area contributed by atoms with Gasteiger partial charge in [-0.25, -0.2) is 4.79 Å². The standard InChI is InChI=1S/C11H10O3S2/c1-8(12)13-14-10-5-3-2-4-9(10)11-6-7-15-16-11/h2-6H,7H2,1H3. The zero-order valence-corrected chi connectivity index (χ0v) is 10.3. The number of carbonyl (C=O) groups is 1. The Balaban J connectivity index is 2.20. The van der Waals surface area contributed by atoms with E-state index >= 15 is 0 Å². The molecule has 0 fully saturated rings. The van der Waals surface area contributed by atoms with E-state index in [1.165, 1.54) is 6.92 Å². The van der Waals surface area contributed by atoms with Crippen LogP contribution in [0.2, 0.25) is 0 Å². The molecule has 0 bridgehead atoms. The summed E-state index contributed by atoms with van der Waals surface area (Å²) in [5.41, 5.74) is 0.957. The molecule has 0 aromatic heterocycles. The zero-order chi connectivity index (χ0) is 11.4. The van der Waals surface area contributed by atoms with Crippen LogP contribution in [-0.2, 0) is 9.68 Å². The van der Waals surface area contributed by atoms with Crippen LogP contribution in [0.4, 0.5) is 0 Å². The Hall–Kier alpha value is -1.07. The van der Waals surface area contributed by atoms with Crippen molar-refractivity contribution in [3.63, 3.8) is 0 Å². The number of hydrogen-bond donors (Lipinski definition) is 0. The van der Waals surface area contributed by atoms with Gasteiger partial charge in [0.25, 0.3) is 0 Å². The Morgan fingerprint density at radius 2 is 2.19 bits per heavy atom. The van der Waals surface area contributed by atoms with E-state index in [1.54, 1.807) is 27.7 Å². The fourth-order valence-electron chi connectivity index (χ4n) is 1.24. The molecule has 84 valence electrons. The highest BCUT2D eigenvalue weighted by Gasteiger charge is 2.14. The number of carbonyl (C=O) groups excluding carboxylic acids is 1. The first-order chi connectivity index (χ1) is 7.77. The smallest absolute Gasteiger partial charge is 0.286 e. The summed E-state index contributed by atoms with van der Waals surface area (Å²) in [7, 11) is 3.47. The van der Waals surface area contributed by atoms with E-state index in [-0.39, 0.29) is 0 Å². The lowest BCUT2D eigenvalue weighted by atomic mass is 10.2. The average molecular weight is 254 g/mol. The normalized spacial score (nSPS) is 14.4. The van der Waals surface area contributed by atoms with Crippen LogP contribution in [0.5, 0.6) is 5.75 Å². The number of benzene rings is 1. The minimum Gasteiger partial charge on any atom is -0.286 e. The lowest BCUT2D eigenvalue weighted by Crippen LogP contribution is -2.04. The monoisotopic (exact) mass is 254 g/mol. The Morgan fingerprint density at radius 1 is 1.38 bits per heavy atom. The molecule has 0 spiro atoms. The summed E-state index contributed by atoms with van der Waals surface area (Å²) in [6.45, 7) is 1.31. The van der Waals surface area contributed by atoms with E-state index in [0.717, 1.165) is 16.2 Å². The summed E-state index contributed by atoms with van der Waals surface area (Å²) in [6, 6.07) is 7.50. The molecule has 0 aliphatic carbocycles. The number of rotatable bonds is 3. The van der Waals surface area contributed by atoms with Crippen molar-refractivity contribution in [2.45, 2.75) is 6.92 Å². The van der Waals surface area contributed by atoms with E-state index in [4.69, 9.17) is 4.89 Å². The molecule has 0 radical (unpaired) electrons. The van der Waals surface area contributed by atoms with Gasteiger partial charge in [0, 0.05) is 23.1 Å². The first-order valence-corrected chi connectivity index (χ1v) is 7.03. The van der Waals surface area contributed by atoms with E-state index in [1.807, 2.05) is 18.2 Å². The molecule has 0 N–H and O–H groups in total. The third-order valence-electron chi connectivity index (χ3n) is 1.89.